The smallest absolute Gasteiger partial charge is 0.410 e. The van der Waals surface area contributed by atoms with Gasteiger partial charge in [0.25, 0.3) is 0 Å². The van der Waals surface area contributed by atoms with E-state index in [0.717, 1.165) is 50.1 Å². The first-order chi connectivity index (χ1) is 14.8. The molecule has 1 aromatic carbocycles. The van der Waals surface area contributed by atoms with Crippen molar-refractivity contribution >= 4 is 17.1 Å². The van der Waals surface area contributed by atoms with Gasteiger partial charge in [0.05, 0.1) is 11.0 Å². The van der Waals surface area contributed by atoms with Gasteiger partial charge in [0.15, 0.2) is 0 Å². The van der Waals surface area contributed by atoms with E-state index in [9.17, 15) is 9.59 Å². The topological polar surface area (TPSA) is 70.6 Å². The predicted molar refractivity (Wildman–Crippen MR) is 120 cm³/mol. The van der Waals surface area contributed by atoms with Gasteiger partial charge in [0.1, 0.15) is 5.60 Å². The number of nitrogens with one attached hydrogen (secondary N) is 1. The van der Waals surface area contributed by atoms with Crippen molar-refractivity contribution in [1.82, 2.24) is 19.4 Å². The number of nitrogens with zero attached hydrogens (tertiary/aromatic N) is 3. The minimum atomic E-state index is -0.436. The molecular weight excluding hydrogens is 392 g/mol. The van der Waals surface area contributed by atoms with Crippen molar-refractivity contribution in [2.24, 2.45) is 11.8 Å². The van der Waals surface area contributed by atoms with E-state index in [-0.39, 0.29) is 17.8 Å². The van der Waals surface area contributed by atoms with Crippen LogP contribution < -0.4 is 5.69 Å². The molecule has 1 aliphatic carbocycles. The summed E-state index contributed by atoms with van der Waals surface area (Å²) in [5, 5.41) is 0. The molecule has 3 fully saturated rings. The van der Waals surface area contributed by atoms with Crippen molar-refractivity contribution in [3.8, 4) is 0 Å². The number of ether oxygens (including phenoxy) is 1. The van der Waals surface area contributed by atoms with Gasteiger partial charge in [0.2, 0.25) is 0 Å². The molecule has 5 rings (SSSR count). The number of hydrogen-bond donors (Lipinski definition) is 1. The summed E-state index contributed by atoms with van der Waals surface area (Å²) >= 11 is 0. The number of piperidine rings is 1. The van der Waals surface area contributed by atoms with Crippen LogP contribution in [0.3, 0.4) is 0 Å². The quantitative estimate of drug-likeness (QED) is 0.796. The van der Waals surface area contributed by atoms with Crippen molar-refractivity contribution in [2.45, 2.75) is 64.1 Å². The average molecular weight is 427 g/mol. The lowest BCUT2D eigenvalue weighted by Crippen LogP contribution is -2.43. The summed E-state index contributed by atoms with van der Waals surface area (Å²) in [6.07, 6.45) is 4.20. The molecule has 0 bridgehead atoms. The summed E-state index contributed by atoms with van der Waals surface area (Å²) in [6.45, 7) is 9.50. The molecule has 7 nitrogen and oxygen atoms in total. The minimum Gasteiger partial charge on any atom is -0.444 e. The molecule has 2 saturated heterocycles. The Labute approximate surface area is 183 Å². The van der Waals surface area contributed by atoms with Crippen LogP contribution in [0.25, 0.3) is 11.0 Å². The maximum Gasteiger partial charge on any atom is 0.410 e. The van der Waals surface area contributed by atoms with Gasteiger partial charge in [-0.2, -0.15) is 0 Å². The van der Waals surface area contributed by atoms with Crippen molar-refractivity contribution in [3.05, 3.63) is 34.7 Å². The fourth-order valence-electron chi connectivity index (χ4n) is 5.99. The zero-order chi connectivity index (χ0) is 21.8. The second-order valence-corrected chi connectivity index (χ2v) is 10.6. The molecule has 1 aromatic heterocycles. The Morgan fingerprint density at radius 3 is 2.32 bits per heavy atom. The first kappa shape index (κ1) is 20.6. The first-order valence-corrected chi connectivity index (χ1v) is 11.7. The second-order valence-electron chi connectivity index (χ2n) is 10.6. The predicted octanol–water partition coefficient (Wildman–Crippen LogP) is 3.61. The third-order valence-corrected chi connectivity index (χ3v) is 7.38. The number of rotatable bonds is 2. The lowest BCUT2D eigenvalue weighted by atomic mass is 10.0. The summed E-state index contributed by atoms with van der Waals surface area (Å²) in [4.78, 5) is 32.5. The van der Waals surface area contributed by atoms with Gasteiger partial charge in [0, 0.05) is 38.3 Å². The summed E-state index contributed by atoms with van der Waals surface area (Å²) in [5.74, 6) is 1.18. The number of likely N-dealkylation sites (tertiary alicyclic amines) is 2. The first-order valence-electron chi connectivity index (χ1n) is 11.7. The van der Waals surface area contributed by atoms with Crippen LogP contribution in [0.2, 0.25) is 0 Å². The largest absolute Gasteiger partial charge is 0.444 e. The number of amides is 1. The molecule has 0 unspecified atom stereocenters. The van der Waals surface area contributed by atoms with Gasteiger partial charge in [-0.05, 0) is 70.4 Å². The number of hydrogen-bond acceptors (Lipinski definition) is 4. The number of benzene rings is 1. The summed E-state index contributed by atoms with van der Waals surface area (Å²) in [5.41, 5.74) is 1.52. The molecule has 0 radical (unpaired) electrons. The van der Waals surface area contributed by atoms with E-state index in [2.05, 4.69) is 9.88 Å². The van der Waals surface area contributed by atoms with Gasteiger partial charge >= 0.3 is 11.8 Å². The number of carbonyl (C=O) groups is 1. The van der Waals surface area contributed by atoms with Crippen LogP contribution in [0.5, 0.6) is 0 Å². The van der Waals surface area contributed by atoms with Crippen LogP contribution >= 0.6 is 0 Å². The SMILES string of the molecule is CC(C)(C)OC(=O)N1C[C@H]2C[C@@H](N3CCC(n4c(=O)[nH]c5ccccc54)CC3)C[C@H]2C1. The molecule has 31 heavy (non-hydrogen) atoms. The van der Waals surface area contributed by atoms with Gasteiger partial charge in [-0.15, -0.1) is 0 Å². The number of H-pyrrole nitrogens is 1. The maximum absolute atomic E-state index is 12.5. The van der Waals surface area contributed by atoms with Crippen LogP contribution in [0.15, 0.2) is 29.1 Å². The van der Waals surface area contributed by atoms with E-state index in [1.54, 1.807) is 0 Å². The van der Waals surface area contributed by atoms with Crippen LogP contribution in [-0.2, 0) is 4.74 Å². The van der Waals surface area contributed by atoms with E-state index < -0.39 is 5.60 Å². The Balaban J connectivity index is 1.17. The number of imidazole rings is 1. The van der Waals surface area contributed by atoms with Crippen LogP contribution in [0, 0.1) is 11.8 Å². The fraction of sp³-hybridized carbons (Fsp3) is 0.667. The molecule has 3 heterocycles. The maximum atomic E-state index is 12.5. The highest BCUT2D eigenvalue weighted by Gasteiger charge is 2.45. The number of aromatic amines is 1. The highest BCUT2D eigenvalue weighted by atomic mass is 16.6. The summed E-state index contributed by atoms with van der Waals surface area (Å²) in [6, 6.07) is 8.85. The Kier molecular flexibility index (Phi) is 5.12. The van der Waals surface area contributed by atoms with E-state index in [1.165, 1.54) is 12.8 Å². The van der Waals surface area contributed by atoms with Crippen molar-refractivity contribution in [1.29, 1.82) is 0 Å². The summed E-state index contributed by atoms with van der Waals surface area (Å²) in [7, 11) is 0. The van der Waals surface area contributed by atoms with E-state index in [1.807, 2.05) is 54.5 Å². The van der Waals surface area contributed by atoms with Crippen molar-refractivity contribution in [2.75, 3.05) is 26.2 Å². The number of fused-ring (bicyclic) bond motifs is 2. The molecule has 2 aromatic rings. The van der Waals surface area contributed by atoms with Gasteiger partial charge in [-0.25, -0.2) is 9.59 Å². The molecular formula is C24H34N4O3. The Morgan fingerprint density at radius 1 is 1.03 bits per heavy atom. The van der Waals surface area contributed by atoms with E-state index in [0.29, 0.717) is 17.9 Å². The van der Waals surface area contributed by atoms with E-state index in [4.69, 9.17) is 4.74 Å². The zero-order valence-corrected chi connectivity index (χ0v) is 18.8. The Bertz CT molecular complexity index is 998. The van der Waals surface area contributed by atoms with Gasteiger partial charge in [-0.3, -0.25) is 4.57 Å². The molecule has 7 heteroatoms. The summed E-state index contributed by atoms with van der Waals surface area (Å²) < 4.78 is 7.53. The molecule has 168 valence electrons. The Hall–Kier alpha value is -2.28. The fourth-order valence-corrected chi connectivity index (χ4v) is 5.99. The lowest BCUT2D eigenvalue weighted by Gasteiger charge is -2.37. The monoisotopic (exact) mass is 426 g/mol. The van der Waals surface area contributed by atoms with Gasteiger partial charge in [-0.1, -0.05) is 12.1 Å². The number of carbonyl (C=O) groups excluding carboxylic acids is 1. The van der Waals surface area contributed by atoms with Crippen LogP contribution in [-0.4, -0.2) is 63.3 Å². The van der Waals surface area contributed by atoms with Crippen LogP contribution in [0.1, 0.15) is 52.5 Å². The second kappa shape index (κ2) is 7.69. The van der Waals surface area contributed by atoms with Crippen LogP contribution in [0.4, 0.5) is 4.79 Å². The molecule has 3 aliphatic rings. The van der Waals surface area contributed by atoms with E-state index >= 15 is 0 Å². The molecule has 0 spiro atoms. The average Bonchev–Trinajstić information content (AvgIpc) is 3.37. The molecule has 1 saturated carbocycles. The lowest BCUT2D eigenvalue weighted by molar-refractivity contribution is 0.0271. The third-order valence-electron chi connectivity index (χ3n) is 7.38. The van der Waals surface area contributed by atoms with Crippen molar-refractivity contribution < 1.29 is 9.53 Å². The standard InChI is InChI=1S/C24H34N4O3/c1-24(2,3)31-23(30)27-14-16-12-19(13-17(16)15-27)26-10-8-18(9-11-26)28-21-7-5-4-6-20(21)25-22(28)29/h4-7,16-19H,8-15H2,1-3H3,(H,25,29)/t16-,17+,19-. The zero-order valence-electron chi connectivity index (χ0n) is 18.8. The number of para-hydroxylation sites is 2. The molecule has 1 N–H and O–H groups in total. The molecule has 3 atom stereocenters. The Morgan fingerprint density at radius 2 is 1.68 bits per heavy atom. The highest BCUT2D eigenvalue weighted by molar-refractivity contribution is 5.75. The molecule has 1 amide bonds. The molecule has 2 aliphatic heterocycles. The van der Waals surface area contributed by atoms with Gasteiger partial charge < -0.3 is 19.5 Å². The highest BCUT2D eigenvalue weighted by Crippen LogP contribution is 2.41. The third kappa shape index (κ3) is 4.00. The van der Waals surface area contributed by atoms with Crippen molar-refractivity contribution in [3.63, 3.8) is 0 Å². The normalized spacial score (nSPS) is 27.7. The number of aromatic nitrogens is 2. The minimum absolute atomic E-state index is 0.0114.